The van der Waals surface area contributed by atoms with Crippen LogP contribution in [0.15, 0.2) is 24.4 Å². The molecule has 0 fully saturated rings. The third kappa shape index (κ3) is 3.73. The van der Waals surface area contributed by atoms with Crippen LogP contribution in [0.2, 0.25) is 5.02 Å². The van der Waals surface area contributed by atoms with Gasteiger partial charge in [0.2, 0.25) is 0 Å². The number of hydrogen-bond donors (Lipinski definition) is 2. The predicted octanol–water partition coefficient (Wildman–Crippen LogP) is 1.43. The van der Waals surface area contributed by atoms with Crippen molar-refractivity contribution >= 4 is 11.6 Å². The van der Waals surface area contributed by atoms with Crippen LogP contribution >= 0.6 is 11.6 Å². The van der Waals surface area contributed by atoms with Crippen LogP contribution in [-0.4, -0.2) is 26.6 Å². The Morgan fingerprint density at radius 3 is 2.95 bits per heavy atom. The Labute approximate surface area is 115 Å². The molecule has 0 amide bonds. The lowest BCUT2D eigenvalue weighted by atomic mass is 10.1. The molecule has 1 aromatic carbocycles. The van der Waals surface area contributed by atoms with Crippen LogP contribution in [0.5, 0.6) is 0 Å². The summed E-state index contributed by atoms with van der Waals surface area (Å²) in [6, 6.07) is 4.26. The molecule has 0 spiro atoms. The molecular weight excluding hydrogens is 271 g/mol. The Bertz CT molecular complexity index is 560. The second kappa shape index (κ2) is 6.10. The average Bonchev–Trinajstić information content (AvgIpc) is 2.78. The molecule has 1 heterocycles. The number of aliphatic hydroxyl groups excluding tert-OH is 1. The van der Waals surface area contributed by atoms with Gasteiger partial charge in [-0.15, -0.1) is 0 Å². The van der Waals surface area contributed by atoms with Gasteiger partial charge in [0.15, 0.2) is 0 Å². The minimum atomic E-state index is -0.802. The Kier molecular flexibility index (Phi) is 4.47. The Hall–Kier alpha value is -1.50. The largest absolute Gasteiger partial charge is 0.387 e. The van der Waals surface area contributed by atoms with Gasteiger partial charge in [0.25, 0.3) is 0 Å². The van der Waals surface area contributed by atoms with Crippen molar-refractivity contribution in [2.75, 3.05) is 6.54 Å². The van der Waals surface area contributed by atoms with E-state index in [2.05, 4.69) is 15.5 Å². The lowest BCUT2D eigenvalue weighted by molar-refractivity contribution is 0.174. The normalized spacial score (nSPS) is 12.6. The molecule has 1 unspecified atom stereocenters. The summed E-state index contributed by atoms with van der Waals surface area (Å²) in [5.74, 6) is -0.535. The van der Waals surface area contributed by atoms with E-state index in [1.54, 1.807) is 19.3 Å². The van der Waals surface area contributed by atoms with Gasteiger partial charge in [-0.1, -0.05) is 17.7 Å². The average molecular weight is 285 g/mol. The van der Waals surface area contributed by atoms with Gasteiger partial charge >= 0.3 is 0 Å². The number of benzene rings is 1. The van der Waals surface area contributed by atoms with E-state index in [0.717, 1.165) is 5.69 Å². The van der Waals surface area contributed by atoms with Gasteiger partial charge in [-0.3, -0.25) is 0 Å². The quantitative estimate of drug-likeness (QED) is 0.872. The van der Waals surface area contributed by atoms with Crippen molar-refractivity contribution in [3.63, 3.8) is 0 Å². The van der Waals surface area contributed by atoms with Crippen molar-refractivity contribution in [2.45, 2.75) is 12.6 Å². The monoisotopic (exact) mass is 284 g/mol. The number of nitrogens with zero attached hydrogens (tertiary/aromatic N) is 3. The molecule has 1 atom stereocenters. The summed E-state index contributed by atoms with van der Waals surface area (Å²) in [4.78, 5) is 1.46. The standard InChI is InChI=1S/C12H14ClFN4O/c1-18-16-6-9(17-18)5-15-7-12(19)8-2-3-10(13)11(14)4-8/h2-4,6,12,15,19H,5,7H2,1H3. The predicted molar refractivity (Wildman–Crippen MR) is 69.1 cm³/mol. The van der Waals surface area contributed by atoms with E-state index < -0.39 is 11.9 Å². The zero-order chi connectivity index (χ0) is 13.8. The van der Waals surface area contributed by atoms with E-state index in [1.165, 1.54) is 16.9 Å². The third-order valence-electron chi connectivity index (χ3n) is 2.62. The first-order valence-electron chi connectivity index (χ1n) is 5.75. The maximum atomic E-state index is 13.2. The Morgan fingerprint density at radius 2 is 2.32 bits per heavy atom. The number of nitrogens with one attached hydrogen (secondary N) is 1. The summed E-state index contributed by atoms with van der Waals surface area (Å²) >= 11 is 5.58. The SMILES string of the molecule is Cn1ncc(CNCC(O)c2ccc(Cl)c(F)c2)n1. The maximum Gasteiger partial charge on any atom is 0.142 e. The molecule has 0 saturated carbocycles. The maximum absolute atomic E-state index is 13.2. The van der Waals surface area contributed by atoms with Crippen molar-refractivity contribution in [1.29, 1.82) is 0 Å². The molecule has 2 N–H and O–H groups in total. The number of aryl methyl sites for hydroxylation is 1. The van der Waals surface area contributed by atoms with E-state index in [1.807, 2.05) is 0 Å². The highest BCUT2D eigenvalue weighted by Gasteiger charge is 2.10. The van der Waals surface area contributed by atoms with Crippen LogP contribution in [0.1, 0.15) is 17.4 Å². The highest BCUT2D eigenvalue weighted by molar-refractivity contribution is 6.30. The van der Waals surface area contributed by atoms with Crippen LogP contribution in [0.3, 0.4) is 0 Å². The summed E-state index contributed by atoms with van der Waals surface area (Å²) in [5.41, 5.74) is 1.26. The van der Waals surface area contributed by atoms with E-state index in [-0.39, 0.29) is 11.6 Å². The lowest BCUT2D eigenvalue weighted by Gasteiger charge is -2.12. The van der Waals surface area contributed by atoms with Crippen molar-refractivity contribution in [1.82, 2.24) is 20.3 Å². The first kappa shape index (κ1) is 13.9. The highest BCUT2D eigenvalue weighted by Crippen LogP contribution is 2.19. The molecule has 0 aliphatic rings. The van der Waals surface area contributed by atoms with Gasteiger partial charge in [0, 0.05) is 20.1 Å². The molecule has 0 radical (unpaired) electrons. The van der Waals surface area contributed by atoms with Crippen LogP contribution < -0.4 is 5.32 Å². The Morgan fingerprint density at radius 1 is 1.53 bits per heavy atom. The highest BCUT2D eigenvalue weighted by atomic mass is 35.5. The van der Waals surface area contributed by atoms with Crippen LogP contribution in [0.4, 0.5) is 4.39 Å². The van der Waals surface area contributed by atoms with Gasteiger partial charge in [-0.25, -0.2) is 4.39 Å². The number of halogens is 2. The smallest absolute Gasteiger partial charge is 0.142 e. The number of hydrogen-bond acceptors (Lipinski definition) is 4. The minimum absolute atomic E-state index is 0.0449. The summed E-state index contributed by atoms with van der Waals surface area (Å²) in [5, 5.41) is 21.0. The fourth-order valence-electron chi connectivity index (χ4n) is 1.64. The lowest BCUT2D eigenvalue weighted by Crippen LogP contribution is -2.21. The van der Waals surface area contributed by atoms with E-state index in [4.69, 9.17) is 11.6 Å². The van der Waals surface area contributed by atoms with E-state index in [9.17, 15) is 9.50 Å². The minimum Gasteiger partial charge on any atom is -0.387 e. The Balaban J connectivity index is 1.86. The van der Waals surface area contributed by atoms with Crippen molar-refractivity contribution in [3.8, 4) is 0 Å². The van der Waals surface area contributed by atoms with Gasteiger partial charge in [0.05, 0.1) is 23.0 Å². The second-order valence-corrected chi connectivity index (χ2v) is 4.55. The van der Waals surface area contributed by atoms with Crippen molar-refractivity contribution in [3.05, 3.63) is 46.5 Å². The number of aliphatic hydroxyl groups is 1. The van der Waals surface area contributed by atoms with Crippen LogP contribution in [0, 0.1) is 5.82 Å². The van der Waals surface area contributed by atoms with Crippen LogP contribution in [0.25, 0.3) is 0 Å². The summed E-state index contributed by atoms with van der Waals surface area (Å²) in [6.45, 7) is 0.776. The number of rotatable bonds is 5. The summed E-state index contributed by atoms with van der Waals surface area (Å²) in [6.07, 6.45) is 0.838. The van der Waals surface area contributed by atoms with Gasteiger partial charge in [0.1, 0.15) is 5.82 Å². The van der Waals surface area contributed by atoms with Gasteiger partial charge < -0.3 is 10.4 Å². The molecule has 7 heteroatoms. The fourth-order valence-corrected chi connectivity index (χ4v) is 1.76. The number of aromatic nitrogens is 3. The molecular formula is C12H14ClFN4O. The molecule has 5 nitrogen and oxygen atoms in total. The molecule has 2 aromatic rings. The molecule has 102 valence electrons. The molecule has 2 rings (SSSR count). The molecule has 0 aliphatic carbocycles. The molecule has 0 aliphatic heterocycles. The topological polar surface area (TPSA) is 63.0 Å². The summed E-state index contributed by atoms with van der Waals surface area (Å²) < 4.78 is 13.2. The molecule has 0 saturated heterocycles. The second-order valence-electron chi connectivity index (χ2n) is 4.15. The van der Waals surface area contributed by atoms with Gasteiger partial charge in [-0.05, 0) is 17.7 Å². The molecule has 19 heavy (non-hydrogen) atoms. The van der Waals surface area contributed by atoms with Crippen LogP contribution in [-0.2, 0) is 13.6 Å². The van der Waals surface area contributed by atoms with Crippen molar-refractivity contribution in [2.24, 2.45) is 7.05 Å². The van der Waals surface area contributed by atoms with E-state index in [0.29, 0.717) is 12.1 Å². The molecule has 1 aromatic heterocycles. The zero-order valence-corrected chi connectivity index (χ0v) is 11.1. The first-order chi connectivity index (χ1) is 9.06. The zero-order valence-electron chi connectivity index (χ0n) is 10.3. The summed E-state index contributed by atoms with van der Waals surface area (Å²) in [7, 11) is 1.73. The first-order valence-corrected chi connectivity index (χ1v) is 6.13. The third-order valence-corrected chi connectivity index (χ3v) is 2.93. The molecule has 0 bridgehead atoms. The fraction of sp³-hybridized carbons (Fsp3) is 0.333. The van der Waals surface area contributed by atoms with Crippen molar-refractivity contribution < 1.29 is 9.50 Å². The van der Waals surface area contributed by atoms with E-state index >= 15 is 0 Å². The van der Waals surface area contributed by atoms with Gasteiger partial charge in [-0.2, -0.15) is 15.0 Å².